The molecule has 0 radical (unpaired) electrons. The topological polar surface area (TPSA) is 83.0 Å². The molecule has 0 N–H and O–H groups in total. The molecule has 2 aromatic heterocycles. The molecule has 0 saturated carbocycles. The first-order valence-electron chi connectivity index (χ1n) is 10.9. The van der Waals surface area contributed by atoms with Gasteiger partial charge in [-0.25, -0.2) is 4.99 Å². The number of fused-ring (bicyclic) bond motifs is 6. The van der Waals surface area contributed by atoms with E-state index in [2.05, 4.69) is 15.9 Å². The fourth-order valence-corrected chi connectivity index (χ4v) is 6.10. The maximum absolute atomic E-state index is 13.6. The maximum Gasteiger partial charge on any atom is 0.317 e. The van der Waals surface area contributed by atoms with Gasteiger partial charge in [0.15, 0.2) is 4.80 Å². The third-order valence-corrected chi connectivity index (χ3v) is 7.88. The number of hydrogen-bond donors (Lipinski definition) is 0. The Balaban J connectivity index is 1.51. The van der Waals surface area contributed by atoms with E-state index in [1.165, 1.54) is 18.4 Å². The molecule has 2 aromatic carbocycles. The number of carbonyl (C=O) groups excluding carboxylic acids is 1. The van der Waals surface area contributed by atoms with Gasteiger partial charge in [0, 0.05) is 21.7 Å². The Bertz CT molecular complexity index is 1650. The molecule has 0 unspecified atom stereocenters. The van der Waals surface area contributed by atoms with E-state index in [0.717, 1.165) is 15.6 Å². The summed E-state index contributed by atoms with van der Waals surface area (Å²) < 4.78 is 20.3. The molecule has 2 bridgehead atoms. The summed E-state index contributed by atoms with van der Waals surface area (Å²) in [5.74, 6) is 0.571. The summed E-state index contributed by atoms with van der Waals surface area (Å²) in [7, 11) is 1.33. The van der Waals surface area contributed by atoms with Crippen molar-refractivity contribution < 1.29 is 18.7 Å². The summed E-state index contributed by atoms with van der Waals surface area (Å²) in [5.41, 5.74) is 0.244. The van der Waals surface area contributed by atoms with E-state index in [1.807, 2.05) is 60.7 Å². The van der Waals surface area contributed by atoms with Gasteiger partial charge in [0.1, 0.15) is 23.2 Å². The van der Waals surface area contributed by atoms with Crippen LogP contribution >= 0.6 is 27.3 Å². The van der Waals surface area contributed by atoms with E-state index in [1.54, 1.807) is 17.6 Å². The Morgan fingerprint density at radius 3 is 2.71 bits per heavy atom. The number of esters is 1. The van der Waals surface area contributed by atoms with Gasteiger partial charge in [0.2, 0.25) is 5.72 Å². The van der Waals surface area contributed by atoms with Crippen molar-refractivity contribution in [3.63, 3.8) is 0 Å². The van der Waals surface area contributed by atoms with Crippen molar-refractivity contribution in [2.45, 2.75) is 18.7 Å². The molecule has 9 heteroatoms. The van der Waals surface area contributed by atoms with E-state index in [0.29, 0.717) is 26.6 Å². The first-order chi connectivity index (χ1) is 16.9. The fourth-order valence-electron chi connectivity index (χ4n) is 4.76. The minimum absolute atomic E-state index is 0.243. The molecule has 7 nitrogen and oxygen atoms in total. The number of ether oxygens (including phenoxy) is 2. The van der Waals surface area contributed by atoms with Crippen LogP contribution < -0.4 is 19.6 Å². The number of aromatic nitrogens is 1. The maximum atomic E-state index is 13.6. The van der Waals surface area contributed by atoms with Gasteiger partial charge in [0.25, 0.3) is 5.56 Å². The van der Waals surface area contributed by atoms with Gasteiger partial charge >= 0.3 is 5.97 Å². The lowest BCUT2D eigenvalue weighted by molar-refractivity contribution is -0.158. The standard InChI is InChI=1S/C26H19BrN2O5S/c1-26-21(24(31)32-2)22(17-5-3-4-6-19(17)34-26)29-23(30)20(35-25(29)28-26)13-16-11-12-18(33-16)14-7-9-15(27)10-8-14/h3-13,21-22H,1-2H3/b20-13+/t21-,22+,26+/m0/s1. The number of hydrogen-bond acceptors (Lipinski definition) is 7. The number of para-hydroxylation sites is 1. The van der Waals surface area contributed by atoms with Crippen molar-refractivity contribution in [3.8, 4) is 17.1 Å². The smallest absolute Gasteiger partial charge is 0.317 e. The summed E-state index contributed by atoms with van der Waals surface area (Å²) in [5, 5.41) is 0. The SMILES string of the molecule is COC(=O)[C@@H]1[C@H]2c3ccccc3O[C@@]1(C)N=c1s/c(=C/c3ccc(-c4ccc(Br)cc4)o3)c(=O)n12. The summed E-state index contributed by atoms with van der Waals surface area (Å²) in [6.45, 7) is 1.76. The molecular formula is C26H19BrN2O5S. The molecule has 0 fully saturated rings. The predicted octanol–water partition coefficient (Wildman–Crippen LogP) is 3.88. The van der Waals surface area contributed by atoms with Crippen LogP contribution in [-0.4, -0.2) is 23.4 Å². The lowest BCUT2D eigenvalue weighted by atomic mass is 9.81. The number of furan rings is 1. The first kappa shape index (κ1) is 22.1. The van der Waals surface area contributed by atoms with Gasteiger partial charge in [-0.05, 0) is 37.3 Å². The third kappa shape index (κ3) is 3.49. The van der Waals surface area contributed by atoms with Crippen molar-refractivity contribution in [1.82, 2.24) is 4.57 Å². The Hall–Kier alpha value is -3.43. The van der Waals surface area contributed by atoms with Crippen molar-refractivity contribution >= 4 is 39.3 Å². The largest absolute Gasteiger partial charge is 0.469 e. The monoisotopic (exact) mass is 550 g/mol. The summed E-state index contributed by atoms with van der Waals surface area (Å²) >= 11 is 4.68. The minimum atomic E-state index is -1.19. The molecule has 6 rings (SSSR count). The molecule has 0 spiro atoms. The number of benzene rings is 2. The molecule has 0 saturated heterocycles. The number of rotatable bonds is 3. The van der Waals surface area contributed by atoms with Gasteiger partial charge < -0.3 is 13.9 Å². The van der Waals surface area contributed by atoms with Crippen LogP contribution in [0.2, 0.25) is 0 Å². The van der Waals surface area contributed by atoms with Crippen molar-refractivity contribution in [2.24, 2.45) is 10.9 Å². The molecule has 176 valence electrons. The highest BCUT2D eigenvalue weighted by Gasteiger charge is 2.55. The average molecular weight is 551 g/mol. The van der Waals surface area contributed by atoms with Crippen LogP contribution in [-0.2, 0) is 9.53 Å². The molecule has 0 amide bonds. The van der Waals surface area contributed by atoms with Crippen molar-refractivity contribution in [2.75, 3.05) is 7.11 Å². The van der Waals surface area contributed by atoms with E-state index >= 15 is 0 Å². The van der Waals surface area contributed by atoms with Crippen LogP contribution in [0, 0.1) is 5.92 Å². The van der Waals surface area contributed by atoms with Crippen LogP contribution in [0.5, 0.6) is 5.75 Å². The second-order valence-corrected chi connectivity index (χ2v) is 10.5. The molecular weight excluding hydrogens is 532 g/mol. The molecule has 2 aliphatic heterocycles. The lowest BCUT2D eigenvalue weighted by Crippen LogP contribution is -2.58. The lowest BCUT2D eigenvalue weighted by Gasteiger charge is -2.44. The first-order valence-corrected chi connectivity index (χ1v) is 12.5. The summed E-state index contributed by atoms with van der Waals surface area (Å²) in [4.78, 5) is 31.7. The van der Waals surface area contributed by atoms with E-state index < -0.39 is 23.7 Å². The average Bonchev–Trinajstić information content (AvgIpc) is 3.42. The number of thiazole rings is 1. The van der Waals surface area contributed by atoms with Gasteiger partial charge in [0.05, 0.1) is 17.7 Å². The highest BCUT2D eigenvalue weighted by Crippen LogP contribution is 2.47. The highest BCUT2D eigenvalue weighted by atomic mass is 79.9. The second-order valence-electron chi connectivity index (χ2n) is 8.53. The number of halogens is 1. The number of nitrogens with zero attached hydrogens (tertiary/aromatic N) is 2. The third-order valence-electron chi connectivity index (χ3n) is 6.36. The van der Waals surface area contributed by atoms with Crippen molar-refractivity contribution in [3.05, 3.63) is 96.1 Å². The Labute approximate surface area is 212 Å². The molecule has 0 aliphatic carbocycles. The van der Waals surface area contributed by atoms with E-state index in [-0.39, 0.29) is 5.56 Å². The van der Waals surface area contributed by atoms with Crippen molar-refractivity contribution in [1.29, 1.82) is 0 Å². The predicted molar refractivity (Wildman–Crippen MR) is 134 cm³/mol. The zero-order chi connectivity index (χ0) is 24.3. The minimum Gasteiger partial charge on any atom is -0.469 e. The number of carbonyl (C=O) groups is 1. The Morgan fingerprint density at radius 2 is 1.94 bits per heavy atom. The number of methoxy groups -OCH3 is 1. The quantitative estimate of drug-likeness (QED) is 0.361. The normalized spacial score (nSPS) is 22.5. The van der Waals surface area contributed by atoms with E-state index in [9.17, 15) is 9.59 Å². The van der Waals surface area contributed by atoms with Gasteiger partial charge in [-0.15, -0.1) is 0 Å². The van der Waals surface area contributed by atoms with Gasteiger partial charge in [-0.3, -0.25) is 14.2 Å². The summed E-state index contributed by atoms with van der Waals surface area (Å²) in [6.07, 6.45) is 1.71. The Morgan fingerprint density at radius 1 is 1.17 bits per heavy atom. The molecule has 4 heterocycles. The molecule has 4 aromatic rings. The van der Waals surface area contributed by atoms with E-state index in [4.69, 9.17) is 18.9 Å². The van der Waals surface area contributed by atoms with Crippen LogP contribution in [0.15, 0.2) is 79.3 Å². The Kier molecular flexibility index (Phi) is 5.08. The highest BCUT2D eigenvalue weighted by molar-refractivity contribution is 9.10. The van der Waals surface area contributed by atoms with Gasteiger partial charge in [-0.2, -0.15) is 0 Å². The van der Waals surface area contributed by atoms with Gasteiger partial charge in [-0.1, -0.05) is 57.6 Å². The van der Waals surface area contributed by atoms with Crippen LogP contribution in [0.1, 0.15) is 24.3 Å². The molecule has 3 atom stereocenters. The molecule has 35 heavy (non-hydrogen) atoms. The second kappa shape index (κ2) is 8.07. The zero-order valence-corrected chi connectivity index (χ0v) is 21.1. The zero-order valence-electron chi connectivity index (χ0n) is 18.7. The van der Waals surface area contributed by atoms with Crippen LogP contribution in [0.3, 0.4) is 0 Å². The fraction of sp³-hybridized carbons (Fsp3) is 0.192. The molecule has 2 aliphatic rings. The van der Waals surface area contributed by atoms with Crippen LogP contribution in [0.4, 0.5) is 0 Å². The van der Waals surface area contributed by atoms with Crippen LogP contribution in [0.25, 0.3) is 17.4 Å². The summed E-state index contributed by atoms with van der Waals surface area (Å²) in [6, 6.07) is 18.3.